The minimum absolute atomic E-state index is 0.483. The highest BCUT2D eigenvalue weighted by molar-refractivity contribution is 4.94. The number of hydrogen-bond donors (Lipinski definition) is 1. The molecule has 0 spiro atoms. The second kappa shape index (κ2) is 7.46. The Labute approximate surface area is 113 Å². The van der Waals surface area contributed by atoms with E-state index in [1.165, 1.54) is 19.3 Å². The molecule has 1 fully saturated rings. The Kier molecular flexibility index (Phi) is 6.61. The molecule has 0 saturated heterocycles. The number of ether oxygens (including phenoxy) is 1. The van der Waals surface area contributed by atoms with Gasteiger partial charge < -0.3 is 10.1 Å². The van der Waals surface area contributed by atoms with Crippen LogP contribution in [0.5, 0.6) is 0 Å². The molecular weight excluding hydrogens is 224 g/mol. The molecule has 18 heavy (non-hydrogen) atoms. The zero-order chi connectivity index (χ0) is 13.6. The zero-order valence-corrected chi connectivity index (χ0v) is 13.0. The van der Waals surface area contributed by atoms with Gasteiger partial charge in [0.1, 0.15) is 0 Å². The molecule has 2 atom stereocenters. The molecule has 0 aromatic rings. The third kappa shape index (κ3) is 4.52. The van der Waals surface area contributed by atoms with Gasteiger partial charge in [-0.25, -0.2) is 0 Å². The van der Waals surface area contributed by atoms with E-state index >= 15 is 0 Å². The predicted octanol–water partition coefficient (Wildman–Crippen LogP) is 2.51. The van der Waals surface area contributed by atoms with E-state index in [0.717, 1.165) is 26.2 Å². The van der Waals surface area contributed by atoms with Crippen molar-refractivity contribution >= 4 is 0 Å². The first-order chi connectivity index (χ1) is 8.54. The van der Waals surface area contributed by atoms with Crippen LogP contribution in [-0.2, 0) is 4.74 Å². The lowest BCUT2D eigenvalue weighted by molar-refractivity contribution is 0.0495. The molecule has 1 saturated carbocycles. The summed E-state index contributed by atoms with van der Waals surface area (Å²) in [5.41, 5.74) is 0.483. The van der Waals surface area contributed by atoms with E-state index in [1.807, 2.05) is 0 Å². The summed E-state index contributed by atoms with van der Waals surface area (Å²) in [7, 11) is 1.79. The molecule has 0 aliphatic heterocycles. The largest absolute Gasteiger partial charge is 0.383 e. The molecule has 1 rings (SSSR count). The van der Waals surface area contributed by atoms with Crippen LogP contribution in [0.3, 0.4) is 0 Å². The zero-order valence-electron chi connectivity index (χ0n) is 13.0. The van der Waals surface area contributed by atoms with Crippen molar-refractivity contribution in [1.29, 1.82) is 0 Å². The van der Waals surface area contributed by atoms with Gasteiger partial charge in [0.15, 0.2) is 0 Å². The van der Waals surface area contributed by atoms with Crippen molar-refractivity contribution in [3.63, 3.8) is 0 Å². The van der Waals surface area contributed by atoms with Crippen molar-refractivity contribution in [3.05, 3.63) is 0 Å². The standard InChI is InChI=1S/C15H32N2O/c1-6-16-13-8-9-15(3,4)12-14(13)17(7-2)10-11-18-5/h13-14,16H,6-12H2,1-5H3. The quantitative estimate of drug-likeness (QED) is 0.757. The van der Waals surface area contributed by atoms with Crippen molar-refractivity contribution in [2.75, 3.05) is 33.4 Å². The lowest BCUT2D eigenvalue weighted by atomic mass is 9.72. The Bertz CT molecular complexity index is 231. The van der Waals surface area contributed by atoms with Crippen LogP contribution in [-0.4, -0.2) is 50.3 Å². The number of hydrogen-bond acceptors (Lipinski definition) is 3. The predicted molar refractivity (Wildman–Crippen MR) is 78.0 cm³/mol. The number of rotatable bonds is 7. The van der Waals surface area contributed by atoms with Gasteiger partial charge in [-0.3, -0.25) is 4.90 Å². The molecule has 0 heterocycles. The average Bonchev–Trinajstić information content (AvgIpc) is 2.33. The van der Waals surface area contributed by atoms with E-state index in [4.69, 9.17) is 4.74 Å². The van der Waals surface area contributed by atoms with Gasteiger partial charge in [0.25, 0.3) is 0 Å². The summed E-state index contributed by atoms with van der Waals surface area (Å²) in [6.07, 6.45) is 3.93. The van der Waals surface area contributed by atoms with E-state index in [1.54, 1.807) is 7.11 Å². The molecule has 0 amide bonds. The second-order valence-corrected chi connectivity index (χ2v) is 6.26. The first kappa shape index (κ1) is 15.9. The van der Waals surface area contributed by atoms with Crippen LogP contribution in [0.25, 0.3) is 0 Å². The molecular formula is C15H32N2O. The van der Waals surface area contributed by atoms with E-state index in [0.29, 0.717) is 17.5 Å². The molecule has 0 aromatic carbocycles. The normalized spacial score (nSPS) is 27.7. The first-order valence-electron chi connectivity index (χ1n) is 7.50. The topological polar surface area (TPSA) is 24.5 Å². The van der Waals surface area contributed by atoms with E-state index in [9.17, 15) is 0 Å². The Morgan fingerprint density at radius 2 is 2.06 bits per heavy atom. The van der Waals surface area contributed by atoms with Crippen LogP contribution in [0.1, 0.15) is 47.0 Å². The Hall–Kier alpha value is -0.120. The highest BCUT2D eigenvalue weighted by Crippen LogP contribution is 2.37. The maximum atomic E-state index is 5.25. The Morgan fingerprint density at radius 3 is 2.61 bits per heavy atom. The van der Waals surface area contributed by atoms with Crippen molar-refractivity contribution in [1.82, 2.24) is 10.2 Å². The Morgan fingerprint density at radius 1 is 1.33 bits per heavy atom. The summed E-state index contributed by atoms with van der Waals surface area (Å²) >= 11 is 0. The monoisotopic (exact) mass is 256 g/mol. The number of nitrogens with zero attached hydrogens (tertiary/aromatic N) is 1. The molecule has 0 aromatic heterocycles. The fraction of sp³-hybridized carbons (Fsp3) is 1.00. The van der Waals surface area contributed by atoms with Crippen molar-refractivity contribution in [3.8, 4) is 0 Å². The molecule has 3 heteroatoms. The minimum atomic E-state index is 0.483. The molecule has 0 radical (unpaired) electrons. The average molecular weight is 256 g/mol. The maximum Gasteiger partial charge on any atom is 0.0589 e. The fourth-order valence-corrected chi connectivity index (χ4v) is 3.20. The van der Waals surface area contributed by atoms with Crippen LogP contribution < -0.4 is 5.32 Å². The van der Waals surface area contributed by atoms with Gasteiger partial charge in [-0.15, -0.1) is 0 Å². The summed E-state index contributed by atoms with van der Waals surface area (Å²) in [6.45, 7) is 13.4. The maximum absolute atomic E-state index is 5.25. The summed E-state index contributed by atoms with van der Waals surface area (Å²) in [4.78, 5) is 2.59. The third-order valence-electron chi connectivity index (χ3n) is 4.28. The fourth-order valence-electron chi connectivity index (χ4n) is 3.20. The highest BCUT2D eigenvalue weighted by Gasteiger charge is 2.36. The summed E-state index contributed by atoms with van der Waals surface area (Å²) in [5.74, 6) is 0. The number of methoxy groups -OCH3 is 1. The molecule has 2 unspecified atom stereocenters. The SMILES string of the molecule is CCNC1CCC(C)(C)CC1N(CC)CCOC. The second-order valence-electron chi connectivity index (χ2n) is 6.26. The van der Waals surface area contributed by atoms with Crippen LogP contribution in [0.2, 0.25) is 0 Å². The summed E-state index contributed by atoms with van der Waals surface area (Å²) in [6, 6.07) is 1.31. The first-order valence-corrected chi connectivity index (χ1v) is 7.50. The lowest BCUT2D eigenvalue weighted by Crippen LogP contribution is -2.55. The summed E-state index contributed by atoms with van der Waals surface area (Å²) < 4.78 is 5.25. The van der Waals surface area contributed by atoms with Gasteiger partial charge in [-0.1, -0.05) is 27.7 Å². The van der Waals surface area contributed by atoms with E-state index in [2.05, 4.69) is 37.9 Å². The number of likely N-dealkylation sites (N-methyl/N-ethyl adjacent to an activating group) is 2. The molecule has 0 bridgehead atoms. The van der Waals surface area contributed by atoms with Crippen molar-refractivity contribution < 1.29 is 4.74 Å². The van der Waals surface area contributed by atoms with E-state index in [-0.39, 0.29) is 0 Å². The molecule has 108 valence electrons. The van der Waals surface area contributed by atoms with Crippen LogP contribution in [0.4, 0.5) is 0 Å². The van der Waals surface area contributed by atoms with Crippen LogP contribution in [0.15, 0.2) is 0 Å². The third-order valence-corrected chi connectivity index (χ3v) is 4.28. The lowest BCUT2D eigenvalue weighted by Gasteiger charge is -2.46. The van der Waals surface area contributed by atoms with Gasteiger partial charge >= 0.3 is 0 Å². The van der Waals surface area contributed by atoms with E-state index < -0.39 is 0 Å². The van der Waals surface area contributed by atoms with Gasteiger partial charge in [-0.05, 0) is 37.8 Å². The minimum Gasteiger partial charge on any atom is -0.383 e. The Balaban J connectivity index is 2.68. The molecule has 1 aliphatic rings. The molecule has 1 aliphatic carbocycles. The van der Waals surface area contributed by atoms with Crippen LogP contribution in [0, 0.1) is 5.41 Å². The van der Waals surface area contributed by atoms with Crippen LogP contribution >= 0.6 is 0 Å². The van der Waals surface area contributed by atoms with Crippen molar-refractivity contribution in [2.24, 2.45) is 5.41 Å². The smallest absolute Gasteiger partial charge is 0.0589 e. The highest BCUT2D eigenvalue weighted by atomic mass is 16.5. The summed E-state index contributed by atoms with van der Waals surface area (Å²) in [5, 5.41) is 3.68. The molecule has 1 N–H and O–H groups in total. The molecule has 3 nitrogen and oxygen atoms in total. The van der Waals surface area contributed by atoms with Gasteiger partial charge in [0, 0.05) is 25.7 Å². The number of nitrogens with one attached hydrogen (secondary N) is 1. The van der Waals surface area contributed by atoms with Gasteiger partial charge in [-0.2, -0.15) is 0 Å². The van der Waals surface area contributed by atoms with Crippen molar-refractivity contribution in [2.45, 2.75) is 59.0 Å². The van der Waals surface area contributed by atoms with Gasteiger partial charge in [0.2, 0.25) is 0 Å². The van der Waals surface area contributed by atoms with Gasteiger partial charge in [0.05, 0.1) is 6.61 Å².